The summed E-state index contributed by atoms with van der Waals surface area (Å²) in [5.41, 5.74) is 1.02. The molecule has 1 aliphatic rings. The maximum Gasteiger partial charge on any atom is 0.106 e. The summed E-state index contributed by atoms with van der Waals surface area (Å²) >= 11 is 0. The van der Waals surface area contributed by atoms with E-state index < -0.39 is 0 Å². The van der Waals surface area contributed by atoms with Crippen molar-refractivity contribution < 1.29 is 14.6 Å². The molecular weight excluding hydrogens is 180 g/mol. The molecule has 1 aromatic carbocycles. The average molecular weight is 194 g/mol. The summed E-state index contributed by atoms with van der Waals surface area (Å²) in [5, 5.41) is 9.18. The van der Waals surface area contributed by atoms with Gasteiger partial charge in [0.2, 0.25) is 0 Å². The summed E-state index contributed by atoms with van der Waals surface area (Å²) in [4.78, 5) is 0. The van der Waals surface area contributed by atoms with Gasteiger partial charge in [-0.25, -0.2) is 0 Å². The summed E-state index contributed by atoms with van der Waals surface area (Å²) in [6, 6.07) is 9.75. The number of ether oxygens (including phenoxy) is 2. The van der Waals surface area contributed by atoms with Crippen molar-refractivity contribution in [2.45, 2.75) is 12.2 Å². The second-order valence-electron chi connectivity index (χ2n) is 3.38. The van der Waals surface area contributed by atoms with E-state index in [0.29, 0.717) is 13.2 Å². The number of hydrogen-bond acceptors (Lipinski definition) is 3. The van der Waals surface area contributed by atoms with Crippen molar-refractivity contribution in [3.05, 3.63) is 35.9 Å². The minimum absolute atomic E-state index is 0.0144. The molecule has 1 N–H and O–H groups in total. The van der Waals surface area contributed by atoms with Crippen molar-refractivity contribution in [2.75, 3.05) is 19.8 Å². The normalized spacial score (nSPS) is 18.9. The summed E-state index contributed by atoms with van der Waals surface area (Å²) in [6.45, 7) is 1.30. The van der Waals surface area contributed by atoms with Gasteiger partial charge in [0, 0.05) is 0 Å². The number of aliphatic hydroxyl groups is 1. The molecular formula is C11H14O3. The fraction of sp³-hybridized carbons (Fsp3) is 0.455. The van der Waals surface area contributed by atoms with Crippen LogP contribution in [-0.2, 0) is 9.47 Å². The minimum Gasteiger partial charge on any atom is -0.393 e. The molecule has 0 aliphatic carbocycles. The second kappa shape index (κ2) is 4.55. The summed E-state index contributed by atoms with van der Waals surface area (Å²) in [6.07, 6.45) is -0.0718. The van der Waals surface area contributed by atoms with Gasteiger partial charge in [0.25, 0.3) is 0 Å². The van der Waals surface area contributed by atoms with Crippen molar-refractivity contribution in [1.29, 1.82) is 0 Å². The van der Waals surface area contributed by atoms with Crippen molar-refractivity contribution in [2.24, 2.45) is 0 Å². The van der Waals surface area contributed by atoms with Crippen molar-refractivity contribution in [1.82, 2.24) is 0 Å². The third-order valence-electron chi connectivity index (χ3n) is 2.30. The van der Waals surface area contributed by atoms with Crippen LogP contribution in [0, 0.1) is 0 Å². The van der Waals surface area contributed by atoms with Gasteiger partial charge in [-0.1, -0.05) is 30.3 Å². The Labute approximate surface area is 83.3 Å². The van der Waals surface area contributed by atoms with Gasteiger partial charge in [0.05, 0.1) is 19.8 Å². The fourth-order valence-corrected chi connectivity index (χ4v) is 1.42. The predicted octanol–water partition coefficient (Wildman–Crippen LogP) is 1.14. The standard InChI is InChI=1S/C11H14O3/c12-6-11(14-10-7-13-8-10)9-4-2-1-3-5-9/h1-5,10-12H,6-8H2/t11-/m0/s1. The van der Waals surface area contributed by atoms with Crippen molar-refractivity contribution >= 4 is 0 Å². The third kappa shape index (κ3) is 2.12. The molecule has 2 rings (SSSR count). The highest BCUT2D eigenvalue weighted by molar-refractivity contribution is 5.17. The number of aliphatic hydroxyl groups excluding tert-OH is 1. The van der Waals surface area contributed by atoms with Crippen LogP contribution in [0.4, 0.5) is 0 Å². The first-order chi connectivity index (χ1) is 6.90. The molecule has 3 nitrogen and oxygen atoms in total. The molecule has 3 heteroatoms. The molecule has 0 unspecified atom stereocenters. The molecule has 14 heavy (non-hydrogen) atoms. The summed E-state index contributed by atoms with van der Waals surface area (Å²) in [5.74, 6) is 0. The molecule has 1 saturated heterocycles. The van der Waals surface area contributed by atoms with Crippen molar-refractivity contribution in [3.8, 4) is 0 Å². The molecule has 1 heterocycles. The van der Waals surface area contributed by atoms with Gasteiger partial charge in [-0.2, -0.15) is 0 Å². The van der Waals surface area contributed by atoms with Gasteiger partial charge in [0.1, 0.15) is 12.2 Å². The summed E-state index contributed by atoms with van der Waals surface area (Å²) in [7, 11) is 0. The van der Waals surface area contributed by atoms with E-state index in [0.717, 1.165) is 5.56 Å². The molecule has 76 valence electrons. The van der Waals surface area contributed by atoms with E-state index in [1.165, 1.54) is 0 Å². The van der Waals surface area contributed by atoms with E-state index in [-0.39, 0.29) is 18.8 Å². The van der Waals surface area contributed by atoms with E-state index >= 15 is 0 Å². The first-order valence-corrected chi connectivity index (χ1v) is 4.79. The average Bonchev–Trinajstić information content (AvgIpc) is 2.18. The monoisotopic (exact) mass is 194 g/mol. The van der Waals surface area contributed by atoms with Crippen LogP contribution in [0.3, 0.4) is 0 Å². The minimum atomic E-state index is -0.218. The largest absolute Gasteiger partial charge is 0.393 e. The molecule has 0 radical (unpaired) electrons. The highest BCUT2D eigenvalue weighted by Gasteiger charge is 2.23. The van der Waals surface area contributed by atoms with Crippen LogP contribution in [0.25, 0.3) is 0 Å². The van der Waals surface area contributed by atoms with E-state index in [4.69, 9.17) is 9.47 Å². The molecule has 0 amide bonds. The fourth-order valence-electron chi connectivity index (χ4n) is 1.42. The van der Waals surface area contributed by atoms with Crippen LogP contribution >= 0.6 is 0 Å². The Kier molecular flexibility index (Phi) is 3.14. The molecule has 0 spiro atoms. The Hall–Kier alpha value is -0.900. The Morgan fingerprint density at radius 3 is 2.57 bits per heavy atom. The summed E-state index contributed by atoms with van der Waals surface area (Å²) < 4.78 is 10.7. The third-order valence-corrected chi connectivity index (χ3v) is 2.30. The lowest BCUT2D eigenvalue weighted by Gasteiger charge is -2.30. The Bertz CT molecular complexity index is 269. The Morgan fingerprint density at radius 1 is 1.36 bits per heavy atom. The maximum atomic E-state index is 9.18. The zero-order chi connectivity index (χ0) is 9.80. The first kappa shape index (κ1) is 9.65. The topological polar surface area (TPSA) is 38.7 Å². The highest BCUT2D eigenvalue weighted by atomic mass is 16.6. The van der Waals surface area contributed by atoms with E-state index in [1.54, 1.807) is 0 Å². The molecule has 1 fully saturated rings. The smallest absolute Gasteiger partial charge is 0.106 e. The van der Waals surface area contributed by atoms with Gasteiger partial charge in [0.15, 0.2) is 0 Å². The highest BCUT2D eigenvalue weighted by Crippen LogP contribution is 2.20. The van der Waals surface area contributed by atoms with Crippen LogP contribution < -0.4 is 0 Å². The molecule has 1 atom stereocenters. The number of hydrogen-bond donors (Lipinski definition) is 1. The zero-order valence-electron chi connectivity index (χ0n) is 7.93. The number of rotatable bonds is 4. The predicted molar refractivity (Wildman–Crippen MR) is 52.0 cm³/mol. The molecule has 0 saturated carbocycles. The quantitative estimate of drug-likeness (QED) is 0.781. The molecule has 0 aromatic heterocycles. The molecule has 0 bridgehead atoms. The maximum absolute atomic E-state index is 9.18. The lowest BCUT2D eigenvalue weighted by Crippen LogP contribution is -2.37. The van der Waals surface area contributed by atoms with Crippen LogP contribution in [0.15, 0.2) is 30.3 Å². The van der Waals surface area contributed by atoms with Crippen LogP contribution in [0.2, 0.25) is 0 Å². The Balaban J connectivity index is 1.98. The van der Waals surface area contributed by atoms with Crippen LogP contribution in [0.1, 0.15) is 11.7 Å². The van der Waals surface area contributed by atoms with Crippen LogP contribution in [0.5, 0.6) is 0 Å². The second-order valence-corrected chi connectivity index (χ2v) is 3.38. The van der Waals surface area contributed by atoms with Gasteiger partial charge in [-0.05, 0) is 5.56 Å². The van der Waals surface area contributed by atoms with Gasteiger partial charge in [-0.15, -0.1) is 0 Å². The van der Waals surface area contributed by atoms with Gasteiger partial charge >= 0.3 is 0 Å². The zero-order valence-corrected chi connectivity index (χ0v) is 7.93. The van der Waals surface area contributed by atoms with Gasteiger partial charge in [-0.3, -0.25) is 0 Å². The van der Waals surface area contributed by atoms with E-state index in [1.807, 2.05) is 30.3 Å². The van der Waals surface area contributed by atoms with Crippen LogP contribution in [-0.4, -0.2) is 31.0 Å². The SMILES string of the molecule is OC[C@H](OC1COC1)c1ccccc1. The Morgan fingerprint density at radius 2 is 2.07 bits per heavy atom. The van der Waals surface area contributed by atoms with Gasteiger partial charge < -0.3 is 14.6 Å². The van der Waals surface area contributed by atoms with Crippen molar-refractivity contribution in [3.63, 3.8) is 0 Å². The first-order valence-electron chi connectivity index (χ1n) is 4.79. The lowest BCUT2D eigenvalue weighted by molar-refractivity contribution is -0.163. The number of benzene rings is 1. The molecule has 1 aromatic rings. The lowest BCUT2D eigenvalue weighted by atomic mass is 10.1. The van der Waals surface area contributed by atoms with E-state index in [2.05, 4.69) is 0 Å². The van der Waals surface area contributed by atoms with E-state index in [9.17, 15) is 5.11 Å². The molecule has 1 aliphatic heterocycles.